The number of ether oxygens (including phenoxy) is 2. The molecule has 0 saturated heterocycles. The molecule has 1 unspecified atom stereocenters. The number of benzene rings is 1. The molecule has 7 nitrogen and oxygen atoms in total. The Morgan fingerprint density at radius 3 is 2.35 bits per heavy atom. The van der Waals surface area contributed by atoms with Gasteiger partial charge in [-0.2, -0.15) is 8.42 Å². The normalized spacial score (nSPS) is 23.8. The van der Waals surface area contributed by atoms with Crippen LogP contribution in [0, 0.1) is 0 Å². The second kappa shape index (κ2) is 4.64. The first-order valence-electron chi connectivity index (χ1n) is 5.67. The molecule has 8 heteroatoms. The lowest BCUT2D eigenvalue weighted by molar-refractivity contribution is -0.153. The Labute approximate surface area is 116 Å². The minimum Gasteiger partial charge on any atom is -0.493 e. The Morgan fingerprint density at radius 2 is 1.85 bits per heavy atom. The van der Waals surface area contributed by atoms with Gasteiger partial charge in [-0.05, 0) is 18.6 Å². The topological polar surface area (TPSA) is 99.1 Å². The number of hydrogen-bond acceptors (Lipinski definition) is 6. The van der Waals surface area contributed by atoms with E-state index in [1.54, 1.807) is 0 Å². The van der Waals surface area contributed by atoms with Crippen molar-refractivity contribution in [2.45, 2.75) is 23.8 Å². The molecule has 20 heavy (non-hydrogen) atoms. The summed E-state index contributed by atoms with van der Waals surface area (Å²) in [4.78, 5) is 11.1. The van der Waals surface area contributed by atoms with Gasteiger partial charge in [0.15, 0.2) is 17.1 Å². The fourth-order valence-electron chi connectivity index (χ4n) is 2.06. The van der Waals surface area contributed by atoms with Crippen LogP contribution in [-0.2, 0) is 25.5 Å². The fourth-order valence-corrected chi connectivity index (χ4v) is 3.47. The van der Waals surface area contributed by atoms with Gasteiger partial charge in [-0.15, -0.1) is 0 Å². The van der Waals surface area contributed by atoms with E-state index in [4.69, 9.17) is 18.8 Å². The van der Waals surface area contributed by atoms with Gasteiger partial charge in [-0.3, -0.25) is 0 Å². The molecule has 1 atom stereocenters. The van der Waals surface area contributed by atoms with Crippen LogP contribution in [0.5, 0.6) is 11.5 Å². The molecule has 0 bridgehead atoms. The maximum Gasteiger partial charge on any atom is 0.337 e. The van der Waals surface area contributed by atoms with Crippen LogP contribution in [0.25, 0.3) is 0 Å². The van der Waals surface area contributed by atoms with Crippen molar-refractivity contribution in [3.05, 3.63) is 17.7 Å². The van der Waals surface area contributed by atoms with Crippen molar-refractivity contribution in [1.82, 2.24) is 0 Å². The van der Waals surface area contributed by atoms with Crippen molar-refractivity contribution in [2.75, 3.05) is 14.2 Å². The van der Waals surface area contributed by atoms with Crippen LogP contribution in [0.4, 0.5) is 0 Å². The van der Waals surface area contributed by atoms with Crippen LogP contribution < -0.4 is 9.47 Å². The van der Waals surface area contributed by atoms with E-state index < -0.39 is 21.7 Å². The van der Waals surface area contributed by atoms with Crippen LogP contribution in [-0.4, -0.2) is 39.3 Å². The molecule has 0 aliphatic carbocycles. The minimum absolute atomic E-state index is 0.0861. The summed E-state index contributed by atoms with van der Waals surface area (Å²) in [5.74, 6) is -0.782. The van der Waals surface area contributed by atoms with E-state index in [9.17, 15) is 13.2 Å². The van der Waals surface area contributed by atoms with Gasteiger partial charge in [0.05, 0.1) is 14.2 Å². The van der Waals surface area contributed by atoms with Gasteiger partial charge in [-0.25, -0.2) is 8.98 Å². The molecule has 1 aromatic rings. The third kappa shape index (κ3) is 2.20. The third-order valence-corrected chi connectivity index (χ3v) is 4.62. The molecule has 0 amide bonds. The quantitative estimate of drug-likeness (QED) is 0.825. The summed E-state index contributed by atoms with van der Waals surface area (Å²) in [6, 6.07) is 2.72. The van der Waals surface area contributed by atoms with Crippen LogP contribution >= 0.6 is 0 Å². The highest BCUT2D eigenvalue weighted by molar-refractivity contribution is 7.87. The summed E-state index contributed by atoms with van der Waals surface area (Å²) < 4.78 is 39.1. The van der Waals surface area contributed by atoms with Gasteiger partial charge in [0.2, 0.25) is 0 Å². The summed E-state index contributed by atoms with van der Waals surface area (Å²) in [6.45, 7) is 1.21. The summed E-state index contributed by atoms with van der Waals surface area (Å²) >= 11 is 0. The summed E-state index contributed by atoms with van der Waals surface area (Å²) in [7, 11) is -1.38. The van der Waals surface area contributed by atoms with Crippen LogP contribution in [0.3, 0.4) is 0 Å². The Morgan fingerprint density at radius 1 is 1.30 bits per heavy atom. The van der Waals surface area contributed by atoms with Crippen LogP contribution in [0.2, 0.25) is 0 Å². The monoisotopic (exact) mass is 302 g/mol. The molecule has 0 fully saturated rings. The third-order valence-electron chi connectivity index (χ3n) is 3.11. The Bertz CT molecular complexity index is 665. The van der Waals surface area contributed by atoms with Crippen molar-refractivity contribution >= 4 is 16.1 Å². The predicted molar refractivity (Wildman–Crippen MR) is 67.6 cm³/mol. The number of methoxy groups -OCH3 is 2. The number of rotatable bonds is 3. The standard InChI is InChI=1S/C12H14O7S/c1-12(11(13)14)6-7-4-8(17-2)9(18-3)5-10(7)20(15,16)19-12/h4-5H,6H2,1-3H3,(H,13,14). The molecule has 1 aliphatic rings. The minimum atomic E-state index is -4.17. The number of carboxylic acids is 1. The van der Waals surface area contributed by atoms with E-state index in [0.29, 0.717) is 11.3 Å². The Kier molecular flexibility index (Phi) is 3.39. The molecule has 0 aromatic heterocycles. The largest absolute Gasteiger partial charge is 0.493 e. The molecule has 0 radical (unpaired) electrons. The molecule has 110 valence electrons. The average Bonchev–Trinajstić information content (AvgIpc) is 2.36. The first-order valence-corrected chi connectivity index (χ1v) is 7.08. The second-order valence-corrected chi connectivity index (χ2v) is 6.08. The lowest BCUT2D eigenvalue weighted by Gasteiger charge is -2.30. The van der Waals surface area contributed by atoms with Crippen molar-refractivity contribution in [2.24, 2.45) is 0 Å². The fraction of sp³-hybridized carbons (Fsp3) is 0.417. The zero-order valence-corrected chi connectivity index (χ0v) is 12.0. The SMILES string of the molecule is COc1cc2c(cc1OC)S(=O)(=O)OC(C)(C(=O)O)C2. The average molecular weight is 302 g/mol. The van der Waals surface area contributed by atoms with Crippen molar-refractivity contribution in [3.63, 3.8) is 0 Å². The lowest BCUT2D eigenvalue weighted by atomic mass is 9.96. The summed E-state index contributed by atoms with van der Waals surface area (Å²) in [5.41, 5.74) is -1.51. The summed E-state index contributed by atoms with van der Waals surface area (Å²) in [5, 5.41) is 9.14. The lowest BCUT2D eigenvalue weighted by Crippen LogP contribution is -2.45. The van der Waals surface area contributed by atoms with Gasteiger partial charge >= 0.3 is 5.97 Å². The molecule has 1 aliphatic heterocycles. The first-order chi connectivity index (χ1) is 9.23. The van der Waals surface area contributed by atoms with E-state index in [-0.39, 0.29) is 17.1 Å². The van der Waals surface area contributed by atoms with E-state index in [1.165, 1.54) is 33.3 Å². The zero-order valence-electron chi connectivity index (χ0n) is 11.2. The van der Waals surface area contributed by atoms with E-state index in [0.717, 1.165) is 0 Å². The predicted octanol–water partition coefficient (Wildman–Crippen LogP) is 0.808. The molecule has 0 spiro atoms. The molecule has 1 heterocycles. The van der Waals surface area contributed by atoms with Gasteiger partial charge in [0.25, 0.3) is 10.1 Å². The van der Waals surface area contributed by atoms with Gasteiger partial charge in [0.1, 0.15) is 4.90 Å². The van der Waals surface area contributed by atoms with E-state index in [2.05, 4.69) is 0 Å². The number of carbonyl (C=O) groups is 1. The molecule has 1 N–H and O–H groups in total. The highest BCUT2D eigenvalue weighted by Gasteiger charge is 2.46. The van der Waals surface area contributed by atoms with E-state index >= 15 is 0 Å². The second-order valence-electron chi connectivity index (χ2n) is 4.57. The Balaban J connectivity index is 2.67. The number of aliphatic carboxylic acids is 1. The molecular formula is C12H14O7S. The highest BCUT2D eigenvalue weighted by atomic mass is 32.2. The van der Waals surface area contributed by atoms with Crippen LogP contribution in [0.1, 0.15) is 12.5 Å². The van der Waals surface area contributed by atoms with E-state index in [1.807, 2.05) is 0 Å². The number of hydrogen-bond donors (Lipinski definition) is 1. The molecular weight excluding hydrogens is 288 g/mol. The molecule has 0 saturated carbocycles. The molecule has 2 rings (SSSR count). The number of carboxylic acid groups (broad SMARTS) is 1. The zero-order chi connectivity index (χ0) is 15.1. The van der Waals surface area contributed by atoms with Gasteiger partial charge in [0, 0.05) is 12.5 Å². The highest BCUT2D eigenvalue weighted by Crippen LogP contribution is 2.40. The maximum atomic E-state index is 12.1. The summed E-state index contributed by atoms with van der Waals surface area (Å²) in [6.07, 6.45) is -0.0861. The van der Waals surface area contributed by atoms with Crippen molar-refractivity contribution < 1.29 is 32.0 Å². The van der Waals surface area contributed by atoms with Crippen molar-refractivity contribution in [1.29, 1.82) is 0 Å². The van der Waals surface area contributed by atoms with Crippen molar-refractivity contribution in [3.8, 4) is 11.5 Å². The Hall–Kier alpha value is -1.80. The smallest absolute Gasteiger partial charge is 0.337 e. The first kappa shape index (κ1) is 14.6. The number of fused-ring (bicyclic) bond motifs is 1. The molecule has 1 aromatic carbocycles. The maximum absolute atomic E-state index is 12.1. The van der Waals surface area contributed by atoms with Gasteiger partial charge in [-0.1, -0.05) is 0 Å². The van der Waals surface area contributed by atoms with Gasteiger partial charge < -0.3 is 14.6 Å². The van der Waals surface area contributed by atoms with Crippen LogP contribution in [0.15, 0.2) is 17.0 Å².